The maximum absolute atomic E-state index is 13.0. The van der Waals surface area contributed by atoms with Gasteiger partial charge in [0.25, 0.3) is 5.91 Å². The molecule has 0 aliphatic carbocycles. The van der Waals surface area contributed by atoms with Crippen LogP contribution in [0.5, 0.6) is 0 Å². The molecule has 7 nitrogen and oxygen atoms in total. The van der Waals surface area contributed by atoms with Crippen LogP contribution in [-0.2, 0) is 4.79 Å². The average Bonchev–Trinajstić information content (AvgIpc) is 2.74. The number of hydrogen-bond acceptors (Lipinski definition) is 5. The van der Waals surface area contributed by atoms with Crippen molar-refractivity contribution in [2.24, 2.45) is 11.7 Å². The lowest BCUT2D eigenvalue weighted by molar-refractivity contribution is -0.122. The zero-order valence-corrected chi connectivity index (χ0v) is 17.2. The second kappa shape index (κ2) is 8.10. The van der Waals surface area contributed by atoms with E-state index >= 15 is 0 Å². The fourth-order valence-corrected chi connectivity index (χ4v) is 3.92. The highest BCUT2D eigenvalue weighted by Gasteiger charge is 2.24. The van der Waals surface area contributed by atoms with Gasteiger partial charge in [-0.15, -0.1) is 0 Å². The van der Waals surface area contributed by atoms with E-state index in [0.29, 0.717) is 17.8 Å². The molecule has 0 spiro atoms. The number of carbonyl (C=O) groups is 2. The molecule has 2 aromatic heterocycles. The van der Waals surface area contributed by atoms with Crippen LogP contribution in [0.3, 0.4) is 0 Å². The van der Waals surface area contributed by atoms with Crippen molar-refractivity contribution in [2.75, 3.05) is 23.3 Å². The van der Waals surface area contributed by atoms with Crippen LogP contribution in [0.25, 0.3) is 10.9 Å². The summed E-state index contributed by atoms with van der Waals surface area (Å²) in [5, 5.41) is 3.76. The summed E-state index contributed by atoms with van der Waals surface area (Å²) in [6, 6.07) is 11.4. The molecule has 3 heterocycles. The van der Waals surface area contributed by atoms with Gasteiger partial charge >= 0.3 is 0 Å². The molecule has 3 aromatic rings. The first-order valence-electron chi connectivity index (χ1n) is 10.1. The highest BCUT2D eigenvalue weighted by molar-refractivity contribution is 6.12. The summed E-state index contributed by atoms with van der Waals surface area (Å²) in [7, 11) is 0. The van der Waals surface area contributed by atoms with Crippen LogP contribution in [0, 0.1) is 19.8 Å². The minimum Gasteiger partial charge on any atom is -0.369 e. The van der Waals surface area contributed by atoms with Crippen LogP contribution < -0.4 is 16.0 Å². The number of hydrogen-bond donors (Lipinski definition) is 2. The Labute approximate surface area is 175 Å². The van der Waals surface area contributed by atoms with Gasteiger partial charge in [-0.3, -0.25) is 14.6 Å². The van der Waals surface area contributed by atoms with Crippen molar-refractivity contribution in [3.05, 3.63) is 59.4 Å². The number of nitrogens with two attached hydrogens (primary N) is 1. The van der Waals surface area contributed by atoms with Gasteiger partial charge in [0.15, 0.2) is 0 Å². The number of aromatic nitrogens is 2. The zero-order valence-electron chi connectivity index (χ0n) is 17.2. The number of fused-ring (bicyclic) bond motifs is 1. The fraction of sp³-hybridized carbons (Fsp3) is 0.304. The third-order valence-corrected chi connectivity index (χ3v) is 5.49. The maximum atomic E-state index is 13.0. The predicted molar refractivity (Wildman–Crippen MR) is 118 cm³/mol. The van der Waals surface area contributed by atoms with Crippen molar-refractivity contribution in [3.8, 4) is 0 Å². The van der Waals surface area contributed by atoms with Gasteiger partial charge in [0.1, 0.15) is 5.82 Å². The largest absolute Gasteiger partial charge is 0.369 e. The van der Waals surface area contributed by atoms with Gasteiger partial charge in [0, 0.05) is 24.2 Å². The molecule has 0 bridgehead atoms. The molecule has 1 aromatic carbocycles. The number of rotatable bonds is 4. The van der Waals surface area contributed by atoms with E-state index in [1.165, 1.54) is 0 Å². The highest BCUT2D eigenvalue weighted by Crippen LogP contribution is 2.24. The Balaban J connectivity index is 1.53. The Bertz CT molecular complexity index is 1110. The standard InChI is InChI=1S/C23H25N5O2/c1-14-5-7-20-18(10-14)19(11-15(2)26-20)23(30)27-17-6-8-21(25-12-17)28-9-3-4-16(13-28)22(24)29/h5-8,10-12,16H,3-4,9,13H2,1-2H3,(H2,24,29)(H,27,30). The molecule has 4 rings (SSSR count). The molecule has 2 amide bonds. The lowest BCUT2D eigenvalue weighted by Gasteiger charge is -2.32. The smallest absolute Gasteiger partial charge is 0.256 e. The van der Waals surface area contributed by atoms with Crippen LogP contribution in [0.2, 0.25) is 0 Å². The number of aryl methyl sites for hydroxylation is 2. The summed E-state index contributed by atoms with van der Waals surface area (Å²) >= 11 is 0. The van der Waals surface area contributed by atoms with Crippen LogP contribution in [-0.4, -0.2) is 34.9 Å². The fourth-order valence-electron chi connectivity index (χ4n) is 3.92. The predicted octanol–water partition coefficient (Wildman–Crippen LogP) is 3.20. The number of nitrogens with zero attached hydrogens (tertiary/aromatic N) is 3. The summed E-state index contributed by atoms with van der Waals surface area (Å²) in [5.41, 5.74) is 9.33. The lowest BCUT2D eigenvalue weighted by Crippen LogP contribution is -2.41. The van der Waals surface area contributed by atoms with Crippen molar-refractivity contribution in [2.45, 2.75) is 26.7 Å². The van der Waals surface area contributed by atoms with Crippen LogP contribution in [0.1, 0.15) is 34.5 Å². The number of benzene rings is 1. The molecular formula is C23H25N5O2. The monoisotopic (exact) mass is 403 g/mol. The average molecular weight is 403 g/mol. The van der Waals surface area contributed by atoms with E-state index < -0.39 is 0 Å². The summed E-state index contributed by atoms with van der Waals surface area (Å²) in [6.07, 6.45) is 3.36. The first kappa shape index (κ1) is 19.8. The first-order chi connectivity index (χ1) is 14.4. The van der Waals surface area contributed by atoms with E-state index in [4.69, 9.17) is 5.73 Å². The normalized spacial score (nSPS) is 16.5. The van der Waals surface area contributed by atoms with E-state index in [0.717, 1.165) is 47.4 Å². The number of pyridine rings is 2. The van der Waals surface area contributed by atoms with Crippen molar-refractivity contribution < 1.29 is 9.59 Å². The van der Waals surface area contributed by atoms with Gasteiger partial charge in [-0.25, -0.2) is 4.98 Å². The molecular weight excluding hydrogens is 378 g/mol. The number of anilines is 2. The summed E-state index contributed by atoms with van der Waals surface area (Å²) in [6.45, 7) is 5.29. The molecule has 30 heavy (non-hydrogen) atoms. The van der Waals surface area contributed by atoms with Gasteiger partial charge < -0.3 is 16.0 Å². The number of carbonyl (C=O) groups excluding carboxylic acids is 2. The van der Waals surface area contributed by atoms with Crippen molar-refractivity contribution in [3.63, 3.8) is 0 Å². The quantitative estimate of drug-likeness (QED) is 0.697. The van der Waals surface area contributed by atoms with Gasteiger partial charge in [-0.05, 0) is 57.0 Å². The van der Waals surface area contributed by atoms with E-state index in [-0.39, 0.29) is 17.7 Å². The van der Waals surface area contributed by atoms with Crippen molar-refractivity contribution in [1.29, 1.82) is 0 Å². The van der Waals surface area contributed by atoms with E-state index in [9.17, 15) is 9.59 Å². The minimum absolute atomic E-state index is 0.147. The maximum Gasteiger partial charge on any atom is 0.256 e. The molecule has 7 heteroatoms. The molecule has 1 unspecified atom stereocenters. The molecule has 1 saturated heterocycles. The Kier molecular flexibility index (Phi) is 5.35. The zero-order chi connectivity index (χ0) is 21.3. The number of primary amides is 1. The Morgan fingerprint density at radius 1 is 1.17 bits per heavy atom. The second-order valence-electron chi connectivity index (χ2n) is 7.88. The molecule has 1 fully saturated rings. The molecule has 3 N–H and O–H groups in total. The van der Waals surface area contributed by atoms with Gasteiger partial charge in [-0.2, -0.15) is 0 Å². The van der Waals surface area contributed by atoms with E-state index in [1.54, 1.807) is 12.3 Å². The molecule has 1 atom stereocenters. The Morgan fingerprint density at radius 3 is 2.73 bits per heavy atom. The lowest BCUT2D eigenvalue weighted by atomic mass is 9.97. The number of amides is 2. The van der Waals surface area contributed by atoms with Crippen molar-refractivity contribution >= 4 is 34.2 Å². The summed E-state index contributed by atoms with van der Waals surface area (Å²) in [4.78, 5) is 35.5. The first-order valence-corrected chi connectivity index (χ1v) is 10.1. The summed E-state index contributed by atoms with van der Waals surface area (Å²) in [5.74, 6) is 0.169. The Hall–Kier alpha value is -3.48. The molecule has 154 valence electrons. The van der Waals surface area contributed by atoms with Crippen LogP contribution in [0.4, 0.5) is 11.5 Å². The molecule has 0 radical (unpaired) electrons. The van der Waals surface area contributed by atoms with Crippen molar-refractivity contribution in [1.82, 2.24) is 9.97 Å². The number of piperidine rings is 1. The van der Waals surface area contributed by atoms with Gasteiger partial charge in [0.2, 0.25) is 5.91 Å². The van der Waals surface area contributed by atoms with E-state index in [1.807, 2.05) is 44.2 Å². The topological polar surface area (TPSA) is 101 Å². The third-order valence-electron chi connectivity index (χ3n) is 5.49. The SMILES string of the molecule is Cc1ccc2nc(C)cc(C(=O)Nc3ccc(N4CCCC(C(N)=O)C4)nc3)c2c1. The Morgan fingerprint density at radius 2 is 2.00 bits per heavy atom. The van der Waals surface area contributed by atoms with Crippen LogP contribution in [0.15, 0.2) is 42.6 Å². The summed E-state index contributed by atoms with van der Waals surface area (Å²) < 4.78 is 0. The second-order valence-corrected chi connectivity index (χ2v) is 7.88. The molecule has 0 saturated carbocycles. The van der Waals surface area contributed by atoms with Gasteiger partial charge in [0.05, 0.1) is 28.9 Å². The van der Waals surface area contributed by atoms with Gasteiger partial charge in [-0.1, -0.05) is 11.6 Å². The molecule has 1 aliphatic heterocycles. The van der Waals surface area contributed by atoms with E-state index in [2.05, 4.69) is 20.2 Å². The molecule has 1 aliphatic rings. The number of nitrogens with one attached hydrogen (secondary N) is 1. The van der Waals surface area contributed by atoms with Crippen LogP contribution >= 0.6 is 0 Å². The minimum atomic E-state index is -0.265. The highest BCUT2D eigenvalue weighted by atomic mass is 16.2. The third kappa shape index (κ3) is 4.10.